The molecule has 0 radical (unpaired) electrons. The lowest BCUT2D eigenvalue weighted by atomic mass is 9.95. The molecule has 4 heteroatoms. The lowest BCUT2D eigenvalue weighted by Gasteiger charge is -2.17. The highest BCUT2D eigenvalue weighted by Gasteiger charge is 2.53. The third-order valence-corrected chi connectivity index (χ3v) is 4.09. The quantitative estimate of drug-likeness (QED) is 0.897. The van der Waals surface area contributed by atoms with Gasteiger partial charge in [0.2, 0.25) is 5.91 Å². The van der Waals surface area contributed by atoms with Crippen LogP contribution in [0, 0.1) is 0 Å². The van der Waals surface area contributed by atoms with Gasteiger partial charge in [-0.25, -0.2) is 0 Å². The van der Waals surface area contributed by atoms with Crippen molar-refractivity contribution in [2.75, 3.05) is 0 Å². The van der Waals surface area contributed by atoms with E-state index in [0.717, 1.165) is 31.2 Å². The van der Waals surface area contributed by atoms with Gasteiger partial charge < -0.3 is 5.32 Å². The summed E-state index contributed by atoms with van der Waals surface area (Å²) in [7, 11) is 0. The predicted molar refractivity (Wildman–Crippen MR) is 68.5 cm³/mol. The summed E-state index contributed by atoms with van der Waals surface area (Å²) >= 11 is 12.1. The maximum atomic E-state index is 12.2. The van der Waals surface area contributed by atoms with Crippen molar-refractivity contribution in [2.45, 2.75) is 37.1 Å². The molecule has 0 saturated heterocycles. The largest absolute Gasteiger partial charge is 0.353 e. The zero-order valence-corrected chi connectivity index (χ0v) is 10.8. The number of rotatable bonds is 3. The first-order chi connectivity index (χ1) is 8.12. The Hall–Kier alpha value is -0.730. The molecule has 90 valence electrons. The number of nitrogens with one attached hydrogen (secondary N) is 1. The Bertz CT molecular complexity index is 478. The highest BCUT2D eigenvalue weighted by atomic mass is 35.5. The van der Waals surface area contributed by atoms with Gasteiger partial charge in [-0.05, 0) is 43.4 Å². The van der Waals surface area contributed by atoms with Gasteiger partial charge in [0.25, 0.3) is 0 Å². The van der Waals surface area contributed by atoms with Gasteiger partial charge in [0.15, 0.2) is 0 Å². The van der Waals surface area contributed by atoms with Gasteiger partial charge in [-0.1, -0.05) is 29.3 Å². The average Bonchev–Trinajstić information content (AvgIpc) is 3.11. The van der Waals surface area contributed by atoms with Crippen molar-refractivity contribution < 1.29 is 4.79 Å². The Morgan fingerprint density at radius 1 is 1.29 bits per heavy atom. The number of benzene rings is 1. The summed E-state index contributed by atoms with van der Waals surface area (Å²) in [6.45, 7) is 0. The van der Waals surface area contributed by atoms with Crippen LogP contribution >= 0.6 is 23.2 Å². The molecule has 1 aromatic carbocycles. The Morgan fingerprint density at radius 3 is 2.53 bits per heavy atom. The average molecular weight is 270 g/mol. The molecule has 2 aliphatic rings. The zero-order chi connectivity index (χ0) is 12.0. The van der Waals surface area contributed by atoms with Gasteiger partial charge in [0, 0.05) is 16.1 Å². The minimum Gasteiger partial charge on any atom is -0.353 e. The summed E-state index contributed by atoms with van der Waals surface area (Å²) in [5, 5.41) is 4.27. The molecule has 0 aliphatic heterocycles. The van der Waals surface area contributed by atoms with E-state index in [4.69, 9.17) is 23.2 Å². The second-order valence-electron chi connectivity index (χ2n) is 4.95. The molecule has 0 bridgehead atoms. The smallest absolute Gasteiger partial charge is 0.230 e. The van der Waals surface area contributed by atoms with Gasteiger partial charge in [0.1, 0.15) is 0 Å². The Labute approximate surface area is 110 Å². The van der Waals surface area contributed by atoms with E-state index >= 15 is 0 Å². The Kier molecular flexibility index (Phi) is 2.60. The number of amides is 1. The first-order valence-corrected chi connectivity index (χ1v) is 6.64. The van der Waals surface area contributed by atoms with Gasteiger partial charge in [-0.3, -0.25) is 4.79 Å². The highest BCUT2D eigenvalue weighted by Crippen LogP contribution is 2.51. The van der Waals surface area contributed by atoms with Crippen molar-refractivity contribution in [3.05, 3.63) is 33.8 Å². The minimum absolute atomic E-state index is 0.129. The maximum absolute atomic E-state index is 12.2. The maximum Gasteiger partial charge on any atom is 0.230 e. The van der Waals surface area contributed by atoms with Crippen LogP contribution in [0.4, 0.5) is 0 Å². The summed E-state index contributed by atoms with van der Waals surface area (Å²) in [5.74, 6) is 0.129. The number of halogens is 2. The van der Waals surface area contributed by atoms with Crippen LogP contribution in [0.15, 0.2) is 18.2 Å². The summed E-state index contributed by atoms with van der Waals surface area (Å²) in [6, 6.07) is 5.78. The van der Waals surface area contributed by atoms with E-state index in [9.17, 15) is 4.79 Å². The molecule has 0 unspecified atom stereocenters. The molecule has 17 heavy (non-hydrogen) atoms. The molecular formula is C13H13Cl2NO. The van der Waals surface area contributed by atoms with Crippen molar-refractivity contribution in [1.29, 1.82) is 0 Å². The Balaban J connectivity index is 1.88. The molecular weight excluding hydrogens is 257 g/mol. The monoisotopic (exact) mass is 269 g/mol. The molecule has 0 aromatic heterocycles. The van der Waals surface area contributed by atoms with E-state index < -0.39 is 0 Å². The normalized spacial score (nSPS) is 21.1. The molecule has 2 saturated carbocycles. The predicted octanol–water partition coefficient (Wildman–Crippen LogP) is 3.30. The molecule has 1 amide bonds. The van der Waals surface area contributed by atoms with Crippen LogP contribution in [0.3, 0.4) is 0 Å². The topological polar surface area (TPSA) is 29.1 Å². The summed E-state index contributed by atoms with van der Waals surface area (Å²) in [6.07, 6.45) is 3.98. The van der Waals surface area contributed by atoms with Crippen LogP contribution in [0.2, 0.25) is 10.0 Å². The second kappa shape index (κ2) is 3.89. The third-order valence-electron chi connectivity index (χ3n) is 3.54. The van der Waals surface area contributed by atoms with Crippen molar-refractivity contribution in [1.82, 2.24) is 5.32 Å². The number of hydrogen-bond acceptors (Lipinski definition) is 1. The molecule has 3 rings (SSSR count). The number of hydrogen-bond donors (Lipinski definition) is 1. The molecule has 0 spiro atoms. The summed E-state index contributed by atoms with van der Waals surface area (Å²) in [4.78, 5) is 12.2. The van der Waals surface area contributed by atoms with E-state index in [0.29, 0.717) is 16.1 Å². The van der Waals surface area contributed by atoms with Crippen LogP contribution in [0.5, 0.6) is 0 Å². The molecule has 2 fully saturated rings. The summed E-state index contributed by atoms with van der Waals surface area (Å²) in [5.41, 5.74) is 0.534. The zero-order valence-electron chi connectivity index (χ0n) is 9.30. The number of carbonyl (C=O) groups is 1. The van der Waals surface area contributed by atoms with Gasteiger partial charge in [0.05, 0.1) is 5.41 Å². The fraction of sp³-hybridized carbons (Fsp3) is 0.462. The van der Waals surface area contributed by atoms with Crippen LogP contribution in [-0.2, 0) is 10.2 Å². The SMILES string of the molecule is O=C(NC1CC1)C1(c2ccc(Cl)cc2Cl)CC1. The van der Waals surface area contributed by atoms with Gasteiger partial charge >= 0.3 is 0 Å². The summed E-state index contributed by atoms with van der Waals surface area (Å²) < 4.78 is 0. The van der Waals surface area contributed by atoms with Crippen molar-refractivity contribution >= 4 is 29.1 Å². The third kappa shape index (κ3) is 2.04. The first kappa shape index (κ1) is 11.4. The van der Waals surface area contributed by atoms with Gasteiger partial charge in [-0.15, -0.1) is 0 Å². The van der Waals surface area contributed by atoms with E-state index in [1.807, 2.05) is 6.07 Å². The highest BCUT2D eigenvalue weighted by molar-refractivity contribution is 6.35. The van der Waals surface area contributed by atoms with Gasteiger partial charge in [-0.2, -0.15) is 0 Å². The fourth-order valence-corrected chi connectivity index (χ4v) is 2.76. The van der Waals surface area contributed by atoms with E-state index in [1.165, 1.54) is 0 Å². The molecule has 0 heterocycles. The van der Waals surface area contributed by atoms with Crippen LogP contribution in [0.1, 0.15) is 31.2 Å². The minimum atomic E-state index is -0.385. The molecule has 2 aliphatic carbocycles. The van der Waals surface area contributed by atoms with Crippen molar-refractivity contribution in [3.63, 3.8) is 0 Å². The lowest BCUT2D eigenvalue weighted by Crippen LogP contribution is -2.36. The van der Waals surface area contributed by atoms with E-state index in [-0.39, 0.29) is 11.3 Å². The molecule has 1 N–H and O–H groups in total. The lowest BCUT2D eigenvalue weighted by molar-refractivity contribution is -0.123. The van der Waals surface area contributed by atoms with Crippen molar-refractivity contribution in [2.24, 2.45) is 0 Å². The molecule has 2 nitrogen and oxygen atoms in total. The second-order valence-corrected chi connectivity index (χ2v) is 5.80. The van der Waals surface area contributed by atoms with E-state index in [2.05, 4.69) is 5.32 Å². The van der Waals surface area contributed by atoms with Crippen molar-refractivity contribution in [3.8, 4) is 0 Å². The van der Waals surface area contributed by atoms with Crippen LogP contribution in [0.25, 0.3) is 0 Å². The fourth-order valence-electron chi connectivity index (χ4n) is 2.17. The molecule has 0 atom stereocenters. The Morgan fingerprint density at radius 2 is 2.00 bits per heavy atom. The first-order valence-electron chi connectivity index (χ1n) is 5.88. The molecule has 1 aromatic rings. The number of carbonyl (C=O) groups excluding carboxylic acids is 1. The van der Waals surface area contributed by atoms with E-state index in [1.54, 1.807) is 12.1 Å². The standard InChI is InChI=1S/C13H13Cl2NO/c14-8-1-4-10(11(15)7-8)13(5-6-13)12(17)16-9-2-3-9/h1,4,7,9H,2-3,5-6H2,(H,16,17). The van der Waals surface area contributed by atoms with Crippen LogP contribution in [-0.4, -0.2) is 11.9 Å². The van der Waals surface area contributed by atoms with Crippen LogP contribution < -0.4 is 5.32 Å².